The average molecular weight is 550 g/mol. The van der Waals surface area contributed by atoms with Gasteiger partial charge in [-0.15, -0.1) is 0 Å². The van der Waals surface area contributed by atoms with Gasteiger partial charge in [0.2, 0.25) is 5.91 Å². The number of hydrogen-bond acceptors (Lipinski definition) is 3. The minimum atomic E-state index is -5.21. The Hall–Kier alpha value is -3.74. The molecule has 0 spiro atoms. The van der Waals surface area contributed by atoms with Crippen LogP contribution in [0.15, 0.2) is 72.8 Å². The van der Waals surface area contributed by atoms with Gasteiger partial charge in [0, 0.05) is 12.5 Å². The second-order valence-electron chi connectivity index (χ2n) is 8.22. The van der Waals surface area contributed by atoms with E-state index in [0.29, 0.717) is 23.8 Å². The summed E-state index contributed by atoms with van der Waals surface area (Å²) >= 11 is 0. The molecule has 0 bridgehead atoms. The van der Waals surface area contributed by atoms with Crippen molar-refractivity contribution >= 4 is 5.91 Å². The van der Waals surface area contributed by atoms with Crippen molar-refractivity contribution in [1.82, 2.24) is 5.32 Å². The van der Waals surface area contributed by atoms with Crippen LogP contribution in [0.1, 0.15) is 16.7 Å². The molecule has 0 aliphatic carbocycles. The number of nitrogens with two attached hydrogens (primary N) is 1. The molecule has 1 unspecified atom stereocenters. The highest BCUT2D eigenvalue weighted by Gasteiger charge is 2.47. The lowest BCUT2D eigenvalue weighted by Crippen LogP contribution is -2.57. The molecule has 0 aliphatic rings. The van der Waals surface area contributed by atoms with Crippen LogP contribution in [0.5, 0.6) is 5.75 Å². The number of halogens is 9. The molecule has 204 valence electrons. The van der Waals surface area contributed by atoms with Crippen LogP contribution in [0.3, 0.4) is 0 Å². The van der Waals surface area contributed by atoms with Gasteiger partial charge in [-0.3, -0.25) is 4.79 Å². The number of nitrogens with one attached hydrogen (secondary N) is 1. The summed E-state index contributed by atoms with van der Waals surface area (Å²) in [5.41, 5.74) is 2.64. The van der Waals surface area contributed by atoms with Crippen molar-refractivity contribution in [2.24, 2.45) is 5.73 Å². The first-order chi connectivity index (χ1) is 17.6. The summed E-state index contributed by atoms with van der Waals surface area (Å²) in [5, 5.41) is 2.11. The smallest absolute Gasteiger partial charge is 0.428 e. The van der Waals surface area contributed by atoms with Gasteiger partial charge >= 0.3 is 18.7 Å². The van der Waals surface area contributed by atoms with Gasteiger partial charge in [0.15, 0.2) is 6.04 Å². The first-order valence-corrected chi connectivity index (χ1v) is 10.7. The second-order valence-corrected chi connectivity index (χ2v) is 8.22. The van der Waals surface area contributed by atoms with E-state index in [9.17, 15) is 44.3 Å². The number of carbonyl (C=O) groups is 1. The maximum absolute atomic E-state index is 14.6. The lowest BCUT2D eigenvalue weighted by molar-refractivity contribution is -0.253. The standard InChI is InChI=1S/C25H19F9N2O2/c26-17-8-6-15(7-9-17)23(13-14-4-2-1-3-5-14,36-21(37)20(35)24(30,31)32)16-10-18(27)12-19(11-16)38-25(33,34)22(28)29/h1-12,20,22H,13,35H2,(H,36,37)/t20?,23-/m1/s1. The molecule has 1 amide bonds. The summed E-state index contributed by atoms with van der Waals surface area (Å²) in [6.07, 6.45) is -15.0. The van der Waals surface area contributed by atoms with Crippen LogP contribution < -0.4 is 15.8 Å². The van der Waals surface area contributed by atoms with Crippen LogP contribution in [0.2, 0.25) is 0 Å². The zero-order chi connectivity index (χ0) is 28.3. The van der Waals surface area contributed by atoms with Gasteiger partial charge in [0.1, 0.15) is 17.4 Å². The van der Waals surface area contributed by atoms with Crippen molar-refractivity contribution in [3.05, 3.63) is 101 Å². The molecule has 0 saturated heterocycles. The van der Waals surface area contributed by atoms with Crippen molar-refractivity contribution < 1.29 is 49.0 Å². The highest BCUT2D eigenvalue weighted by atomic mass is 19.4. The predicted octanol–water partition coefficient (Wildman–Crippen LogP) is 5.69. The molecule has 0 radical (unpaired) electrons. The van der Waals surface area contributed by atoms with Gasteiger partial charge in [0.25, 0.3) is 0 Å². The molecule has 3 aromatic rings. The third kappa shape index (κ3) is 6.57. The summed E-state index contributed by atoms with van der Waals surface area (Å²) in [4.78, 5) is 12.7. The van der Waals surface area contributed by atoms with E-state index in [1.54, 1.807) is 6.07 Å². The zero-order valence-corrected chi connectivity index (χ0v) is 19.1. The Balaban J connectivity index is 2.28. The maximum Gasteiger partial charge on any atom is 0.461 e. The molecule has 0 aromatic heterocycles. The summed E-state index contributed by atoms with van der Waals surface area (Å²) in [6, 6.07) is 10.2. The van der Waals surface area contributed by atoms with Gasteiger partial charge in [-0.2, -0.15) is 30.7 Å². The lowest BCUT2D eigenvalue weighted by Gasteiger charge is -2.37. The number of alkyl halides is 7. The number of carbonyl (C=O) groups excluding carboxylic acids is 1. The average Bonchev–Trinajstić information content (AvgIpc) is 2.82. The normalized spacial score (nSPS) is 14.6. The number of rotatable bonds is 9. The van der Waals surface area contributed by atoms with Gasteiger partial charge in [-0.1, -0.05) is 42.5 Å². The van der Waals surface area contributed by atoms with E-state index in [1.165, 1.54) is 24.3 Å². The highest BCUT2D eigenvalue weighted by molar-refractivity contribution is 5.84. The molecule has 3 aromatic carbocycles. The van der Waals surface area contributed by atoms with Crippen molar-refractivity contribution in [1.29, 1.82) is 0 Å². The van der Waals surface area contributed by atoms with Crippen LogP contribution >= 0.6 is 0 Å². The highest BCUT2D eigenvalue weighted by Crippen LogP contribution is 2.38. The van der Waals surface area contributed by atoms with Crippen LogP contribution in [0.4, 0.5) is 39.5 Å². The number of ether oxygens (including phenoxy) is 1. The van der Waals surface area contributed by atoms with E-state index in [-0.39, 0.29) is 5.56 Å². The van der Waals surface area contributed by atoms with Crippen LogP contribution in [0.25, 0.3) is 0 Å². The van der Waals surface area contributed by atoms with E-state index in [2.05, 4.69) is 10.1 Å². The second kappa shape index (κ2) is 10.9. The van der Waals surface area contributed by atoms with Crippen molar-refractivity contribution in [2.75, 3.05) is 0 Å². The Bertz CT molecular complexity index is 1250. The number of amides is 1. The number of benzene rings is 3. The maximum atomic E-state index is 14.6. The molecule has 0 heterocycles. The molecular weight excluding hydrogens is 531 g/mol. The molecule has 3 rings (SSSR count). The van der Waals surface area contributed by atoms with Gasteiger partial charge in [-0.05, 0) is 41.0 Å². The predicted molar refractivity (Wildman–Crippen MR) is 117 cm³/mol. The largest absolute Gasteiger partial charge is 0.461 e. The summed E-state index contributed by atoms with van der Waals surface area (Å²) in [7, 11) is 0. The summed E-state index contributed by atoms with van der Waals surface area (Å²) in [6.45, 7) is 0. The Morgan fingerprint density at radius 3 is 2.00 bits per heavy atom. The van der Waals surface area contributed by atoms with E-state index in [1.807, 2.05) is 0 Å². The molecular formula is C25H19F9N2O2. The van der Waals surface area contributed by atoms with Crippen LogP contribution in [0, 0.1) is 11.6 Å². The molecule has 0 saturated carbocycles. The first kappa shape index (κ1) is 28.8. The van der Waals surface area contributed by atoms with Crippen molar-refractivity contribution in [3.8, 4) is 5.75 Å². The third-order valence-electron chi connectivity index (χ3n) is 5.49. The zero-order valence-electron chi connectivity index (χ0n) is 19.1. The van der Waals surface area contributed by atoms with Gasteiger partial charge in [0.05, 0.1) is 5.54 Å². The Morgan fingerprint density at radius 1 is 0.842 bits per heavy atom. The topological polar surface area (TPSA) is 64.4 Å². The molecule has 3 N–H and O–H groups in total. The van der Waals surface area contributed by atoms with E-state index in [0.717, 1.165) is 24.3 Å². The fraction of sp³-hybridized carbons (Fsp3) is 0.240. The Labute approximate surface area is 210 Å². The van der Waals surface area contributed by atoms with Crippen LogP contribution in [-0.4, -0.2) is 30.7 Å². The molecule has 13 heteroatoms. The molecule has 0 aliphatic heterocycles. The van der Waals surface area contributed by atoms with E-state index < -0.39 is 65.6 Å². The minimum Gasteiger partial charge on any atom is -0.428 e. The lowest BCUT2D eigenvalue weighted by atomic mass is 9.77. The molecule has 38 heavy (non-hydrogen) atoms. The van der Waals surface area contributed by atoms with E-state index in [4.69, 9.17) is 5.73 Å². The third-order valence-corrected chi connectivity index (χ3v) is 5.49. The SMILES string of the molecule is NC(C(=O)N[C@](Cc1ccccc1)(c1ccc(F)cc1)c1cc(F)cc(OC(F)(F)C(F)F)c1)C(F)(F)F. The number of hydrogen-bond donors (Lipinski definition) is 2. The van der Waals surface area contributed by atoms with Crippen molar-refractivity contribution in [2.45, 2.75) is 36.7 Å². The Morgan fingerprint density at radius 2 is 1.45 bits per heavy atom. The molecule has 4 nitrogen and oxygen atoms in total. The molecule has 2 atom stereocenters. The molecule has 0 fully saturated rings. The first-order valence-electron chi connectivity index (χ1n) is 10.7. The minimum absolute atomic E-state index is 0.109. The Kier molecular flexibility index (Phi) is 8.30. The summed E-state index contributed by atoms with van der Waals surface area (Å²) < 4.78 is 125. The quantitative estimate of drug-likeness (QED) is 0.337. The fourth-order valence-corrected chi connectivity index (χ4v) is 3.70. The van der Waals surface area contributed by atoms with Gasteiger partial charge < -0.3 is 15.8 Å². The summed E-state index contributed by atoms with van der Waals surface area (Å²) in [5.74, 6) is -4.99. The van der Waals surface area contributed by atoms with E-state index >= 15 is 0 Å². The van der Waals surface area contributed by atoms with Crippen LogP contribution in [-0.2, 0) is 16.8 Å². The monoisotopic (exact) mass is 550 g/mol. The fourth-order valence-electron chi connectivity index (χ4n) is 3.70. The van der Waals surface area contributed by atoms with Crippen molar-refractivity contribution in [3.63, 3.8) is 0 Å². The van der Waals surface area contributed by atoms with Gasteiger partial charge in [-0.25, -0.2) is 8.78 Å².